The van der Waals surface area contributed by atoms with Crippen LogP contribution in [0.2, 0.25) is 0 Å². The largest absolute Gasteiger partial charge is 0.352 e. The molecular weight excluding hydrogens is 343 g/mol. The number of benzene rings is 2. The molecule has 5 nitrogen and oxygen atoms in total. The van der Waals surface area contributed by atoms with E-state index in [1.54, 1.807) is 43.3 Å². The first kappa shape index (κ1) is 18.9. The number of aryl methyl sites for hydroxylation is 1. The minimum absolute atomic E-state index is 0.217. The molecule has 0 saturated heterocycles. The summed E-state index contributed by atoms with van der Waals surface area (Å²) in [7, 11) is -3.64. The van der Waals surface area contributed by atoms with E-state index in [2.05, 4.69) is 10.0 Å². The number of halogens is 1. The van der Waals surface area contributed by atoms with E-state index in [0.29, 0.717) is 5.69 Å². The minimum atomic E-state index is -3.64. The van der Waals surface area contributed by atoms with Crippen LogP contribution in [0.1, 0.15) is 18.1 Å². The molecule has 2 rings (SSSR count). The van der Waals surface area contributed by atoms with E-state index >= 15 is 0 Å². The van der Waals surface area contributed by atoms with Gasteiger partial charge in [-0.05, 0) is 36.8 Å². The second-order valence-corrected chi connectivity index (χ2v) is 7.76. The fraction of sp³-hybridized carbons (Fsp3) is 0.278. The molecule has 0 saturated carbocycles. The first-order valence-electron chi connectivity index (χ1n) is 7.84. The highest BCUT2D eigenvalue weighted by Gasteiger charge is 2.21. The molecule has 0 aliphatic rings. The van der Waals surface area contributed by atoms with Crippen LogP contribution in [0.25, 0.3) is 0 Å². The Morgan fingerprint density at radius 1 is 1.08 bits per heavy atom. The molecule has 0 aliphatic heterocycles. The molecule has 7 heteroatoms. The quantitative estimate of drug-likeness (QED) is 0.793. The fourth-order valence-electron chi connectivity index (χ4n) is 2.21. The van der Waals surface area contributed by atoms with Gasteiger partial charge in [-0.1, -0.05) is 36.8 Å². The van der Waals surface area contributed by atoms with Gasteiger partial charge in [0.15, 0.2) is 0 Å². The maximum absolute atomic E-state index is 12.8. The Bertz CT molecular complexity index is 818. The topological polar surface area (TPSA) is 75.3 Å². The SMILES string of the molecule is Cc1ccc(NS(=O)(=O)CC(C)C(=O)NCc2ccc(F)cc2)cc1. The molecule has 1 unspecified atom stereocenters. The number of hydrogen-bond donors (Lipinski definition) is 2. The first-order chi connectivity index (χ1) is 11.7. The zero-order valence-electron chi connectivity index (χ0n) is 14.1. The van der Waals surface area contributed by atoms with Crippen LogP contribution >= 0.6 is 0 Å². The molecule has 1 atom stereocenters. The Balaban J connectivity index is 1.88. The van der Waals surface area contributed by atoms with E-state index in [9.17, 15) is 17.6 Å². The van der Waals surface area contributed by atoms with Gasteiger partial charge >= 0.3 is 0 Å². The highest BCUT2D eigenvalue weighted by atomic mass is 32.2. The van der Waals surface area contributed by atoms with E-state index in [4.69, 9.17) is 0 Å². The Morgan fingerprint density at radius 2 is 1.68 bits per heavy atom. The summed E-state index contributed by atoms with van der Waals surface area (Å²) < 4.78 is 39.7. The smallest absolute Gasteiger partial charge is 0.233 e. The van der Waals surface area contributed by atoms with Gasteiger partial charge in [0, 0.05) is 12.2 Å². The van der Waals surface area contributed by atoms with Crippen LogP contribution in [-0.2, 0) is 21.4 Å². The zero-order chi connectivity index (χ0) is 18.4. The maximum Gasteiger partial charge on any atom is 0.233 e. The number of anilines is 1. The van der Waals surface area contributed by atoms with E-state index in [0.717, 1.165) is 11.1 Å². The lowest BCUT2D eigenvalue weighted by Gasteiger charge is -2.14. The van der Waals surface area contributed by atoms with E-state index < -0.39 is 15.9 Å². The summed E-state index contributed by atoms with van der Waals surface area (Å²) in [5.41, 5.74) is 2.23. The highest BCUT2D eigenvalue weighted by Crippen LogP contribution is 2.12. The first-order valence-corrected chi connectivity index (χ1v) is 9.50. The molecule has 1 amide bonds. The zero-order valence-corrected chi connectivity index (χ0v) is 14.9. The lowest BCUT2D eigenvalue weighted by Crippen LogP contribution is -2.34. The molecule has 0 aromatic heterocycles. The maximum atomic E-state index is 12.8. The molecule has 0 radical (unpaired) electrons. The van der Waals surface area contributed by atoms with Crippen molar-refractivity contribution in [1.82, 2.24) is 5.32 Å². The molecule has 2 aromatic rings. The summed E-state index contributed by atoms with van der Waals surface area (Å²) in [6.07, 6.45) is 0. The molecule has 0 aliphatic carbocycles. The summed E-state index contributed by atoms with van der Waals surface area (Å²) in [6.45, 7) is 3.68. The summed E-state index contributed by atoms with van der Waals surface area (Å²) in [4.78, 5) is 12.1. The highest BCUT2D eigenvalue weighted by molar-refractivity contribution is 7.92. The lowest BCUT2D eigenvalue weighted by molar-refractivity contribution is -0.124. The van der Waals surface area contributed by atoms with Gasteiger partial charge in [-0.15, -0.1) is 0 Å². The normalized spacial score (nSPS) is 12.4. The van der Waals surface area contributed by atoms with Crippen molar-refractivity contribution in [3.8, 4) is 0 Å². The average Bonchev–Trinajstić information content (AvgIpc) is 2.55. The van der Waals surface area contributed by atoms with Gasteiger partial charge in [0.25, 0.3) is 0 Å². The van der Waals surface area contributed by atoms with Crippen LogP contribution in [0, 0.1) is 18.7 Å². The molecule has 25 heavy (non-hydrogen) atoms. The Kier molecular flexibility index (Phi) is 6.14. The van der Waals surface area contributed by atoms with Gasteiger partial charge in [0.05, 0.1) is 11.7 Å². The molecule has 134 valence electrons. The predicted octanol–water partition coefficient (Wildman–Crippen LogP) is 2.83. The van der Waals surface area contributed by atoms with Crippen LogP contribution in [0.5, 0.6) is 0 Å². The second kappa shape index (κ2) is 8.11. The van der Waals surface area contributed by atoms with Crippen molar-refractivity contribution in [2.45, 2.75) is 20.4 Å². The number of amides is 1. The van der Waals surface area contributed by atoms with Crippen LogP contribution in [0.4, 0.5) is 10.1 Å². The lowest BCUT2D eigenvalue weighted by atomic mass is 10.2. The van der Waals surface area contributed by atoms with E-state index in [1.807, 2.05) is 6.92 Å². The van der Waals surface area contributed by atoms with Crippen molar-refractivity contribution in [2.24, 2.45) is 5.92 Å². The molecule has 2 aromatic carbocycles. The number of carbonyl (C=O) groups excluding carboxylic acids is 1. The summed E-state index contributed by atoms with van der Waals surface area (Å²) in [5, 5.41) is 2.66. The molecule has 2 N–H and O–H groups in total. The van der Waals surface area contributed by atoms with Gasteiger partial charge in [-0.2, -0.15) is 0 Å². The molecular formula is C18H21FN2O3S. The second-order valence-electron chi connectivity index (χ2n) is 5.99. The summed E-state index contributed by atoms with van der Waals surface area (Å²) in [6, 6.07) is 12.7. The Hall–Kier alpha value is -2.41. The van der Waals surface area contributed by atoms with Crippen molar-refractivity contribution in [3.63, 3.8) is 0 Å². The Morgan fingerprint density at radius 3 is 2.28 bits per heavy atom. The Labute approximate surface area is 147 Å². The third-order valence-corrected chi connectivity index (χ3v) is 5.11. The van der Waals surface area contributed by atoms with Crippen molar-refractivity contribution in [2.75, 3.05) is 10.5 Å². The summed E-state index contributed by atoms with van der Waals surface area (Å²) >= 11 is 0. The summed E-state index contributed by atoms with van der Waals surface area (Å²) in [5.74, 6) is -1.77. The van der Waals surface area contributed by atoms with Gasteiger partial charge in [-0.3, -0.25) is 9.52 Å². The van der Waals surface area contributed by atoms with Crippen LogP contribution in [0.15, 0.2) is 48.5 Å². The number of carbonyl (C=O) groups is 1. The van der Waals surface area contributed by atoms with Crippen LogP contribution in [0.3, 0.4) is 0 Å². The van der Waals surface area contributed by atoms with Crippen LogP contribution < -0.4 is 10.0 Å². The third-order valence-electron chi connectivity index (χ3n) is 3.62. The van der Waals surface area contributed by atoms with Crippen molar-refractivity contribution in [1.29, 1.82) is 0 Å². The van der Waals surface area contributed by atoms with Gasteiger partial charge in [0.2, 0.25) is 15.9 Å². The number of nitrogens with one attached hydrogen (secondary N) is 2. The number of rotatable bonds is 7. The van der Waals surface area contributed by atoms with Crippen LogP contribution in [-0.4, -0.2) is 20.1 Å². The number of sulfonamides is 1. The van der Waals surface area contributed by atoms with Crippen molar-refractivity contribution >= 4 is 21.6 Å². The van der Waals surface area contributed by atoms with Gasteiger partial charge in [0.1, 0.15) is 5.82 Å². The fourth-order valence-corrected chi connectivity index (χ4v) is 3.60. The predicted molar refractivity (Wildman–Crippen MR) is 96.0 cm³/mol. The standard InChI is InChI=1S/C18H21FN2O3S/c1-13-3-9-17(10-4-13)21-25(23,24)12-14(2)18(22)20-11-15-5-7-16(19)8-6-15/h3-10,14,21H,11-12H2,1-2H3,(H,20,22). The van der Waals surface area contributed by atoms with Gasteiger partial charge < -0.3 is 5.32 Å². The van der Waals surface area contributed by atoms with Crippen molar-refractivity contribution in [3.05, 3.63) is 65.5 Å². The van der Waals surface area contributed by atoms with Crippen molar-refractivity contribution < 1.29 is 17.6 Å². The molecule has 0 heterocycles. The molecule has 0 bridgehead atoms. The van der Waals surface area contributed by atoms with Gasteiger partial charge in [-0.25, -0.2) is 12.8 Å². The van der Waals surface area contributed by atoms with E-state index in [-0.39, 0.29) is 24.0 Å². The number of hydrogen-bond acceptors (Lipinski definition) is 3. The molecule has 0 fully saturated rings. The van der Waals surface area contributed by atoms with E-state index in [1.165, 1.54) is 12.1 Å². The minimum Gasteiger partial charge on any atom is -0.352 e. The average molecular weight is 364 g/mol. The third kappa shape index (κ3) is 6.19. The molecule has 0 spiro atoms. The monoisotopic (exact) mass is 364 g/mol.